The molecule has 1 N–H and O–H groups in total. The summed E-state index contributed by atoms with van der Waals surface area (Å²) in [6.45, 7) is 5.93. The fourth-order valence-corrected chi connectivity index (χ4v) is 2.24. The number of methoxy groups -OCH3 is 1. The van der Waals surface area contributed by atoms with E-state index in [4.69, 9.17) is 4.74 Å². The highest BCUT2D eigenvalue weighted by atomic mass is 16.5. The number of aryl methyl sites for hydroxylation is 1. The van der Waals surface area contributed by atoms with Gasteiger partial charge in [-0.3, -0.25) is 4.79 Å². The van der Waals surface area contributed by atoms with E-state index in [1.165, 1.54) is 5.56 Å². The van der Waals surface area contributed by atoms with Crippen molar-refractivity contribution in [1.29, 1.82) is 0 Å². The zero-order valence-corrected chi connectivity index (χ0v) is 13.4. The van der Waals surface area contributed by atoms with E-state index in [2.05, 4.69) is 5.32 Å². The summed E-state index contributed by atoms with van der Waals surface area (Å²) in [5, 5.41) is 2.94. The van der Waals surface area contributed by atoms with E-state index in [0.717, 1.165) is 22.6 Å². The third kappa shape index (κ3) is 3.76. The fourth-order valence-electron chi connectivity index (χ4n) is 2.24. The van der Waals surface area contributed by atoms with Gasteiger partial charge in [0.25, 0.3) is 5.91 Å². The maximum absolute atomic E-state index is 12.6. The molecule has 0 heterocycles. The average Bonchev–Trinajstić information content (AvgIpc) is 2.50. The van der Waals surface area contributed by atoms with Gasteiger partial charge < -0.3 is 10.1 Å². The minimum absolute atomic E-state index is 0.103. The molecule has 22 heavy (non-hydrogen) atoms. The Morgan fingerprint density at radius 3 is 2.05 bits per heavy atom. The maximum Gasteiger partial charge on any atom is 0.256 e. The standard InChI is InChI=1S/C19H21NO2/c1-13(2)18(15-7-5-14(3)6-8-15)19(21)20-16-9-11-17(22-4)12-10-16/h5-12H,1-4H3,(H,20,21). The van der Waals surface area contributed by atoms with Crippen molar-refractivity contribution in [2.75, 3.05) is 12.4 Å². The lowest BCUT2D eigenvalue weighted by Crippen LogP contribution is -2.14. The predicted octanol–water partition coefficient (Wildman–Crippen LogP) is 4.44. The zero-order valence-electron chi connectivity index (χ0n) is 13.4. The van der Waals surface area contributed by atoms with Crippen molar-refractivity contribution >= 4 is 17.2 Å². The van der Waals surface area contributed by atoms with Crippen LogP contribution in [0.2, 0.25) is 0 Å². The first kappa shape index (κ1) is 15.8. The lowest BCUT2D eigenvalue weighted by Gasteiger charge is -2.12. The van der Waals surface area contributed by atoms with Crippen LogP contribution in [0.1, 0.15) is 25.0 Å². The van der Waals surface area contributed by atoms with Crippen LogP contribution in [0.15, 0.2) is 54.1 Å². The molecule has 3 nitrogen and oxygen atoms in total. The monoisotopic (exact) mass is 295 g/mol. The summed E-state index contributed by atoms with van der Waals surface area (Å²) in [4.78, 5) is 12.6. The van der Waals surface area contributed by atoms with Gasteiger partial charge in [-0.05, 0) is 50.6 Å². The lowest BCUT2D eigenvalue weighted by atomic mass is 9.99. The Balaban J connectivity index is 2.24. The van der Waals surface area contributed by atoms with Gasteiger partial charge >= 0.3 is 0 Å². The SMILES string of the molecule is COc1ccc(NC(=O)C(=C(C)C)c2ccc(C)cc2)cc1. The average molecular weight is 295 g/mol. The predicted molar refractivity (Wildman–Crippen MR) is 91.1 cm³/mol. The van der Waals surface area contributed by atoms with Gasteiger partial charge in [0.05, 0.1) is 7.11 Å². The highest BCUT2D eigenvalue weighted by Crippen LogP contribution is 2.22. The summed E-state index contributed by atoms with van der Waals surface area (Å²) >= 11 is 0. The quantitative estimate of drug-likeness (QED) is 0.847. The molecule has 0 atom stereocenters. The van der Waals surface area contributed by atoms with Crippen molar-refractivity contribution in [3.63, 3.8) is 0 Å². The van der Waals surface area contributed by atoms with Crippen LogP contribution >= 0.6 is 0 Å². The molecule has 0 unspecified atom stereocenters. The summed E-state index contributed by atoms with van der Waals surface area (Å²) in [6.07, 6.45) is 0. The molecule has 3 heteroatoms. The Morgan fingerprint density at radius 2 is 1.55 bits per heavy atom. The summed E-state index contributed by atoms with van der Waals surface area (Å²) in [6, 6.07) is 15.3. The molecule has 0 aliphatic rings. The fraction of sp³-hybridized carbons (Fsp3) is 0.211. The number of carbonyl (C=O) groups excluding carboxylic acids is 1. The van der Waals surface area contributed by atoms with Crippen LogP contribution in [0.5, 0.6) is 5.75 Å². The van der Waals surface area contributed by atoms with Gasteiger partial charge in [0, 0.05) is 11.3 Å². The van der Waals surface area contributed by atoms with E-state index in [-0.39, 0.29) is 5.91 Å². The Hall–Kier alpha value is -2.55. The number of nitrogens with one attached hydrogen (secondary N) is 1. The van der Waals surface area contributed by atoms with Crippen LogP contribution < -0.4 is 10.1 Å². The molecule has 1 amide bonds. The number of amides is 1. The molecule has 0 aromatic heterocycles. The normalized spacial score (nSPS) is 10.0. The summed E-state index contributed by atoms with van der Waals surface area (Å²) in [7, 11) is 1.62. The number of anilines is 1. The van der Waals surface area contributed by atoms with Crippen molar-refractivity contribution in [2.45, 2.75) is 20.8 Å². The number of rotatable bonds is 4. The molecule has 0 bridgehead atoms. The molecule has 0 fully saturated rings. The minimum atomic E-state index is -0.103. The Labute approximate surface area is 131 Å². The van der Waals surface area contributed by atoms with Gasteiger partial charge in [0.2, 0.25) is 0 Å². The van der Waals surface area contributed by atoms with Crippen LogP contribution in [0.3, 0.4) is 0 Å². The van der Waals surface area contributed by atoms with Crippen molar-refractivity contribution in [2.24, 2.45) is 0 Å². The van der Waals surface area contributed by atoms with E-state index < -0.39 is 0 Å². The van der Waals surface area contributed by atoms with Crippen molar-refractivity contribution < 1.29 is 9.53 Å². The molecule has 2 aromatic carbocycles. The van der Waals surface area contributed by atoms with Gasteiger partial charge in [0.15, 0.2) is 0 Å². The number of benzene rings is 2. The molecule has 114 valence electrons. The Morgan fingerprint density at radius 1 is 0.955 bits per heavy atom. The van der Waals surface area contributed by atoms with Gasteiger partial charge in [-0.1, -0.05) is 35.4 Å². The second kappa shape index (κ2) is 6.94. The molecular weight excluding hydrogens is 274 g/mol. The largest absolute Gasteiger partial charge is 0.497 e. The first-order valence-corrected chi connectivity index (χ1v) is 7.21. The summed E-state index contributed by atoms with van der Waals surface area (Å²) in [5.74, 6) is 0.660. The number of hydrogen-bond donors (Lipinski definition) is 1. The molecular formula is C19H21NO2. The maximum atomic E-state index is 12.6. The molecule has 2 aromatic rings. The Kier molecular flexibility index (Phi) is 4.99. The first-order valence-electron chi connectivity index (χ1n) is 7.21. The van der Waals surface area contributed by atoms with Gasteiger partial charge in [-0.15, -0.1) is 0 Å². The molecule has 0 aliphatic heterocycles. The molecule has 2 rings (SSSR count). The molecule has 0 spiro atoms. The molecule has 0 aliphatic carbocycles. The van der Waals surface area contributed by atoms with Crippen LogP contribution in [-0.4, -0.2) is 13.0 Å². The van der Waals surface area contributed by atoms with Gasteiger partial charge in [0.1, 0.15) is 5.75 Å². The molecule has 0 radical (unpaired) electrons. The highest BCUT2D eigenvalue weighted by Gasteiger charge is 2.14. The zero-order chi connectivity index (χ0) is 16.1. The van der Waals surface area contributed by atoms with E-state index in [0.29, 0.717) is 5.57 Å². The number of carbonyl (C=O) groups is 1. The third-order valence-corrected chi connectivity index (χ3v) is 3.42. The van der Waals surface area contributed by atoms with E-state index in [9.17, 15) is 4.79 Å². The second-order valence-corrected chi connectivity index (χ2v) is 5.42. The smallest absolute Gasteiger partial charge is 0.256 e. The number of allylic oxidation sites excluding steroid dienone is 1. The summed E-state index contributed by atoms with van der Waals surface area (Å²) in [5.41, 5.74) is 4.53. The van der Waals surface area contributed by atoms with Gasteiger partial charge in [-0.25, -0.2) is 0 Å². The van der Waals surface area contributed by atoms with Crippen molar-refractivity contribution in [1.82, 2.24) is 0 Å². The minimum Gasteiger partial charge on any atom is -0.497 e. The first-order chi connectivity index (χ1) is 10.5. The van der Waals surface area contributed by atoms with Crippen LogP contribution in [-0.2, 0) is 4.79 Å². The van der Waals surface area contributed by atoms with E-state index in [1.54, 1.807) is 7.11 Å². The Bertz CT molecular complexity index is 678. The molecule has 0 saturated carbocycles. The van der Waals surface area contributed by atoms with Crippen LogP contribution in [0.4, 0.5) is 5.69 Å². The highest BCUT2D eigenvalue weighted by molar-refractivity contribution is 6.25. The number of hydrogen-bond acceptors (Lipinski definition) is 2. The van der Waals surface area contributed by atoms with Crippen LogP contribution in [0.25, 0.3) is 5.57 Å². The van der Waals surface area contributed by atoms with Crippen molar-refractivity contribution in [3.05, 3.63) is 65.2 Å². The lowest BCUT2D eigenvalue weighted by molar-refractivity contribution is -0.111. The van der Waals surface area contributed by atoms with Crippen molar-refractivity contribution in [3.8, 4) is 5.75 Å². The molecule has 0 saturated heterocycles. The van der Waals surface area contributed by atoms with E-state index in [1.807, 2.05) is 69.3 Å². The second-order valence-electron chi connectivity index (χ2n) is 5.42. The number of ether oxygens (including phenoxy) is 1. The summed E-state index contributed by atoms with van der Waals surface area (Å²) < 4.78 is 5.12. The topological polar surface area (TPSA) is 38.3 Å². The third-order valence-electron chi connectivity index (χ3n) is 3.42. The van der Waals surface area contributed by atoms with Crippen LogP contribution in [0, 0.1) is 6.92 Å². The van der Waals surface area contributed by atoms with Gasteiger partial charge in [-0.2, -0.15) is 0 Å². The van der Waals surface area contributed by atoms with E-state index >= 15 is 0 Å².